The van der Waals surface area contributed by atoms with E-state index >= 15 is 0 Å². The quantitative estimate of drug-likeness (QED) is 0.888. The summed E-state index contributed by atoms with van der Waals surface area (Å²) in [5.74, 6) is -0.134. The van der Waals surface area contributed by atoms with E-state index in [2.05, 4.69) is 24.1 Å². The molecule has 0 aromatic carbocycles. The lowest BCUT2D eigenvalue weighted by Gasteiger charge is -2.16. The van der Waals surface area contributed by atoms with Crippen LogP contribution < -0.4 is 10.9 Å². The highest BCUT2D eigenvalue weighted by Gasteiger charge is 2.19. The van der Waals surface area contributed by atoms with Gasteiger partial charge in [0.25, 0.3) is 5.56 Å². The van der Waals surface area contributed by atoms with Crippen LogP contribution in [0.5, 0.6) is 0 Å². The molecule has 0 atom stereocenters. The zero-order chi connectivity index (χ0) is 17.0. The molecule has 2 aromatic heterocycles. The number of aromatic nitrogens is 2. The lowest BCUT2D eigenvalue weighted by atomic mass is 9.97. The molecule has 0 saturated heterocycles. The molecular formula is C18H25N3O2. The second-order valence-corrected chi connectivity index (χ2v) is 6.07. The monoisotopic (exact) mass is 315 g/mol. The number of anilines is 1. The van der Waals surface area contributed by atoms with Gasteiger partial charge >= 0.3 is 0 Å². The van der Waals surface area contributed by atoms with Crippen molar-refractivity contribution in [1.82, 2.24) is 9.38 Å². The molecule has 124 valence electrons. The van der Waals surface area contributed by atoms with E-state index in [9.17, 15) is 9.59 Å². The van der Waals surface area contributed by atoms with Crippen LogP contribution in [0, 0.1) is 19.8 Å². The molecule has 0 aliphatic carbocycles. The average molecular weight is 315 g/mol. The van der Waals surface area contributed by atoms with Crippen LogP contribution in [0.2, 0.25) is 0 Å². The van der Waals surface area contributed by atoms with E-state index in [-0.39, 0.29) is 23.1 Å². The van der Waals surface area contributed by atoms with Crippen LogP contribution in [-0.4, -0.2) is 15.3 Å². The maximum absolute atomic E-state index is 12.6. The molecule has 0 unspecified atom stereocenters. The summed E-state index contributed by atoms with van der Waals surface area (Å²) in [7, 11) is 0. The molecule has 2 heterocycles. The highest BCUT2D eigenvalue weighted by atomic mass is 16.2. The summed E-state index contributed by atoms with van der Waals surface area (Å²) in [5.41, 5.74) is 2.25. The van der Waals surface area contributed by atoms with E-state index in [0.717, 1.165) is 31.2 Å². The van der Waals surface area contributed by atoms with Crippen molar-refractivity contribution in [3.8, 4) is 0 Å². The number of rotatable bonds is 6. The first-order valence-electron chi connectivity index (χ1n) is 8.28. The summed E-state index contributed by atoms with van der Waals surface area (Å²) in [6, 6.07) is 3.71. The Kier molecular flexibility index (Phi) is 5.53. The van der Waals surface area contributed by atoms with Crippen LogP contribution in [0.15, 0.2) is 23.1 Å². The Hall–Kier alpha value is -2.17. The lowest BCUT2D eigenvalue weighted by Crippen LogP contribution is -2.29. The molecule has 5 nitrogen and oxygen atoms in total. The van der Waals surface area contributed by atoms with E-state index in [1.165, 1.54) is 4.40 Å². The van der Waals surface area contributed by atoms with E-state index in [1.807, 2.05) is 19.1 Å². The summed E-state index contributed by atoms with van der Waals surface area (Å²) in [6.45, 7) is 7.84. The fourth-order valence-electron chi connectivity index (χ4n) is 2.82. The number of carbonyl (C=O) groups is 1. The van der Waals surface area contributed by atoms with Gasteiger partial charge in [-0.3, -0.25) is 14.0 Å². The number of fused-ring (bicyclic) bond motifs is 1. The van der Waals surface area contributed by atoms with E-state index < -0.39 is 0 Å². The number of carbonyl (C=O) groups excluding carboxylic acids is 1. The normalized spacial score (nSPS) is 11.2. The van der Waals surface area contributed by atoms with Gasteiger partial charge in [-0.05, 0) is 44.4 Å². The Bertz CT molecular complexity index is 759. The van der Waals surface area contributed by atoms with Crippen LogP contribution in [0.4, 0.5) is 5.69 Å². The van der Waals surface area contributed by atoms with E-state index in [4.69, 9.17) is 0 Å². The fraction of sp³-hybridized carbons (Fsp3) is 0.500. The van der Waals surface area contributed by atoms with Crippen molar-refractivity contribution in [1.29, 1.82) is 0 Å². The Morgan fingerprint density at radius 2 is 1.91 bits per heavy atom. The number of pyridine rings is 1. The highest BCUT2D eigenvalue weighted by Crippen LogP contribution is 2.17. The maximum Gasteiger partial charge on any atom is 0.281 e. The van der Waals surface area contributed by atoms with Gasteiger partial charge in [-0.1, -0.05) is 26.7 Å². The summed E-state index contributed by atoms with van der Waals surface area (Å²) in [5, 5.41) is 2.82. The molecule has 0 bridgehead atoms. The first-order chi connectivity index (χ1) is 11.0. The average Bonchev–Trinajstić information content (AvgIpc) is 2.50. The van der Waals surface area contributed by atoms with Gasteiger partial charge in [-0.25, -0.2) is 4.98 Å². The van der Waals surface area contributed by atoms with Crippen molar-refractivity contribution in [3.63, 3.8) is 0 Å². The predicted molar refractivity (Wildman–Crippen MR) is 92.9 cm³/mol. The molecule has 5 heteroatoms. The minimum atomic E-state index is -0.229. The topological polar surface area (TPSA) is 63.5 Å². The van der Waals surface area contributed by atoms with Crippen molar-refractivity contribution in [3.05, 3.63) is 39.9 Å². The van der Waals surface area contributed by atoms with Crippen LogP contribution in [0.25, 0.3) is 5.65 Å². The molecule has 0 radical (unpaired) electrons. The number of hydrogen-bond acceptors (Lipinski definition) is 3. The van der Waals surface area contributed by atoms with Crippen molar-refractivity contribution in [2.45, 2.75) is 53.4 Å². The third-order valence-electron chi connectivity index (χ3n) is 4.06. The third kappa shape index (κ3) is 3.78. The zero-order valence-corrected chi connectivity index (χ0v) is 14.3. The van der Waals surface area contributed by atoms with E-state index in [1.54, 1.807) is 13.1 Å². The number of hydrogen-bond donors (Lipinski definition) is 1. The van der Waals surface area contributed by atoms with Crippen molar-refractivity contribution >= 4 is 17.2 Å². The fourth-order valence-corrected chi connectivity index (χ4v) is 2.82. The molecule has 0 aliphatic heterocycles. The summed E-state index contributed by atoms with van der Waals surface area (Å²) < 4.78 is 1.48. The van der Waals surface area contributed by atoms with Crippen LogP contribution >= 0.6 is 0 Å². The molecule has 0 aliphatic rings. The smallest absolute Gasteiger partial charge is 0.281 e. The molecule has 1 N–H and O–H groups in total. The Morgan fingerprint density at radius 3 is 2.52 bits per heavy atom. The van der Waals surface area contributed by atoms with Crippen molar-refractivity contribution < 1.29 is 4.79 Å². The van der Waals surface area contributed by atoms with Gasteiger partial charge in [0.15, 0.2) is 0 Å². The predicted octanol–water partition coefficient (Wildman–Crippen LogP) is 3.47. The minimum Gasteiger partial charge on any atom is -0.320 e. The standard InChI is InChI=1S/C18H25N3O2/c1-5-7-14(8-6-2)17(22)20-16-13(4)19-15-11-12(3)9-10-21(15)18(16)23/h9-11,14H,5-8H2,1-4H3,(H,20,22). The van der Waals surface area contributed by atoms with Crippen LogP contribution in [0.3, 0.4) is 0 Å². The van der Waals surface area contributed by atoms with Gasteiger partial charge in [0.05, 0.1) is 5.69 Å². The molecule has 1 amide bonds. The molecule has 2 aromatic rings. The molecule has 23 heavy (non-hydrogen) atoms. The van der Waals surface area contributed by atoms with Gasteiger partial charge in [0.1, 0.15) is 11.3 Å². The largest absolute Gasteiger partial charge is 0.320 e. The van der Waals surface area contributed by atoms with Gasteiger partial charge < -0.3 is 5.32 Å². The molecule has 0 fully saturated rings. The molecule has 0 saturated carbocycles. The molecule has 0 spiro atoms. The van der Waals surface area contributed by atoms with Crippen molar-refractivity contribution in [2.75, 3.05) is 5.32 Å². The summed E-state index contributed by atoms with van der Waals surface area (Å²) >= 11 is 0. The minimum absolute atomic E-state index is 0.0532. The lowest BCUT2D eigenvalue weighted by molar-refractivity contribution is -0.120. The Morgan fingerprint density at radius 1 is 1.26 bits per heavy atom. The number of amides is 1. The zero-order valence-electron chi connectivity index (χ0n) is 14.3. The maximum atomic E-state index is 12.6. The second-order valence-electron chi connectivity index (χ2n) is 6.07. The summed E-state index contributed by atoms with van der Waals surface area (Å²) in [4.78, 5) is 29.6. The molecule has 2 rings (SSSR count). The number of aryl methyl sites for hydroxylation is 2. The van der Waals surface area contributed by atoms with Crippen LogP contribution in [0.1, 0.15) is 50.8 Å². The number of nitrogens with zero attached hydrogens (tertiary/aromatic N) is 2. The first-order valence-corrected chi connectivity index (χ1v) is 8.28. The first kappa shape index (κ1) is 17.2. The SMILES string of the molecule is CCCC(CCC)C(=O)Nc1c(C)nc2cc(C)ccn2c1=O. The Balaban J connectivity index is 2.38. The second kappa shape index (κ2) is 7.40. The van der Waals surface area contributed by atoms with Gasteiger partial charge in [0.2, 0.25) is 5.91 Å². The van der Waals surface area contributed by atoms with Gasteiger partial charge in [0, 0.05) is 12.1 Å². The van der Waals surface area contributed by atoms with Crippen molar-refractivity contribution in [2.24, 2.45) is 5.92 Å². The molecular weight excluding hydrogens is 290 g/mol. The summed E-state index contributed by atoms with van der Waals surface area (Å²) in [6.07, 6.45) is 5.27. The third-order valence-corrected chi connectivity index (χ3v) is 4.06. The number of nitrogens with one attached hydrogen (secondary N) is 1. The van der Waals surface area contributed by atoms with Crippen LogP contribution in [-0.2, 0) is 4.79 Å². The van der Waals surface area contributed by atoms with Gasteiger partial charge in [-0.15, -0.1) is 0 Å². The van der Waals surface area contributed by atoms with Gasteiger partial charge in [-0.2, -0.15) is 0 Å². The highest BCUT2D eigenvalue weighted by molar-refractivity contribution is 5.92. The van der Waals surface area contributed by atoms with E-state index in [0.29, 0.717) is 11.3 Å². The Labute approximate surface area is 136 Å².